The molecule has 114 valence electrons. The van der Waals surface area contributed by atoms with Gasteiger partial charge in [-0.1, -0.05) is 13.8 Å². The highest BCUT2D eigenvalue weighted by Gasteiger charge is 2.14. The molecule has 0 fully saturated rings. The lowest BCUT2D eigenvalue weighted by Crippen LogP contribution is -2.17. The smallest absolute Gasteiger partial charge is 0.323 e. The van der Waals surface area contributed by atoms with Crippen molar-refractivity contribution >= 4 is 5.95 Å². The molecule has 2 aromatic heterocycles. The van der Waals surface area contributed by atoms with Gasteiger partial charge in [-0.25, -0.2) is 10.5 Å². The Labute approximate surface area is 123 Å². The molecule has 2 heterocycles. The second-order valence-corrected chi connectivity index (χ2v) is 4.80. The van der Waals surface area contributed by atoms with E-state index in [1.54, 1.807) is 4.68 Å². The van der Waals surface area contributed by atoms with E-state index < -0.39 is 0 Å². The Bertz CT molecular complexity index is 609. The molecule has 0 spiro atoms. The fraction of sp³-hybridized carbons (Fsp3) is 0.538. The molecule has 21 heavy (non-hydrogen) atoms. The second-order valence-electron chi connectivity index (χ2n) is 4.80. The molecule has 2 aromatic rings. The van der Waals surface area contributed by atoms with Crippen LogP contribution in [0.2, 0.25) is 0 Å². The highest BCUT2D eigenvalue weighted by molar-refractivity contribution is 5.30. The quantitative estimate of drug-likeness (QED) is 0.609. The van der Waals surface area contributed by atoms with Crippen molar-refractivity contribution < 1.29 is 4.74 Å². The van der Waals surface area contributed by atoms with Crippen molar-refractivity contribution in [3.8, 4) is 12.0 Å². The first-order valence-corrected chi connectivity index (χ1v) is 7.04. The van der Waals surface area contributed by atoms with Crippen molar-refractivity contribution in [1.29, 1.82) is 0 Å². The van der Waals surface area contributed by atoms with Gasteiger partial charge >= 0.3 is 6.01 Å². The van der Waals surface area contributed by atoms with Gasteiger partial charge in [0.25, 0.3) is 5.95 Å². The summed E-state index contributed by atoms with van der Waals surface area (Å²) in [5.41, 5.74) is 4.44. The Hall–Kier alpha value is -2.22. The second kappa shape index (κ2) is 6.49. The number of rotatable bonds is 6. The van der Waals surface area contributed by atoms with E-state index in [2.05, 4.69) is 39.3 Å². The lowest BCUT2D eigenvalue weighted by Gasteiger charge is -2.11. The molecule has 3 N–H and O–H groups in total. The van der Waals surface area contributed by atoms with Crippen molar-refractivity contribution in [3.05, 3.63) is 17.5 Å². The van der Waals surface area contributed by atoms with Crippen LogP contribution in [0.3, 0.4) is 0 Å². The normalized spacial score (nSPS) is 11.0. The van der Waals surface area contributed by atoms with Gasteiger partial charge in [0.05, 0.1) is 11.8 Å². The molecule has 0 aliphatic carbocycles. The third kappa shape index (κ3) is 3.46. The van der Waals surface area contributed by atoms with Crippen LogP contribution in [0.1, 0.15) is 39.1 Å². The van der Waals surface area contributed by atoms with Gasteiger partial charge in [0, 0.05) is 5.69 Å². The zero-order valence-electron chi connectivity index (χ0n) is 12.8. The molecule has 0 saturated heterocycles. The summed E-state index contributed by atoms with van der Waals surface area (Å²) >= 11 is 0. The minimum absolute atomic E-state index is 0.0413. The van der Waals surface area contributed by atoms with E-state index in [-0.39, 0.29) is 18.1 Å². The van der Waals surface area contributed by atoms with Gasteiger partial charge in [0.15, 0.2) is 0 Å². The van der Waals surface area contributed by atoms with Gasteiger partial charge in [-0.05, 0) is 32.8 Å². The predicted molar refractivity (Wildman–Crippen MR) is 79.3 cm³/mol. The molecule has 0 atom stereocenters. The van der Waals surface area contributed by atoms with Gasteiger partial charge in [-0.3, -0.25) is 5.43 Å². The number of hydrogen-bond acceptors (Lipinski definition) is 7. The van der Waals surface area contributed by atoms with Crippen LogP contribution >= 0.6 is 0 Å². The van der Waals surface area contributed by atoms with E-state index in [0.717, 1.165) is 24.2 Å². The number of nitrogen functional groups attached to an aromatic ring is 1. The SMILES string of the molecule is CCc1cc(CC)n(-c2nc(NN)nc(OC(C)C)n2)n1. The number of aromatic nitrogens is 5. The molecule has 0 aliphatic rings. The number of hydrogen-bond donors (Lipinski definition) is 2. The molecule has 8 heteroatoms. The Kier molecular flexibility index (Phi) is 4.69. The molecule has 8 nitrogen and oxygen atoms in total. The third-order valence-corrected chi connectivity index (χ3v) is 2.82. The maximum atomic E-state index is 5.53. The lowest BCUT2D eigenvalue weighted by atomic mass is 10.3. The minimum Gasteiger partial charge on any atom is -0.461 e. The standard InChI is InChI=1S/C13H21N7O/c1-5-9-7-10(6-2)20(19-9)12-15-11(18-14)16-13(17-12)21-8(3)4/h7-8H,5-6,14H2,1-4H3,(H,15,16,17,18). The van der Waals surface area contributed by atoms with Crippen LogP contribution in [0.5, 0.6) is 6.01 Å². The fourth-order valence-corrected chi connectivity index (χ4v) is 1.84. The van der Waals surface area contributed by atoms with Crippen molar-refractivity contribution in [1.82, 2.24) is 24.7 Å². The predicted octanol–water partition coefficient (Wildman–Crippen LogP) is 1.25. The molecule has 0 aromatic carbocycles. The summed E-state index contributed by atoms with van der Waals surface area (Å²) in [6, 6.07) is 2.26. The molecule has 0 amide bonds. The van der Waals surface area contributed by atoms with E-state index in [1.165, 1.54) is 0 Å². The molecule has 0 saturated carbocycles. The fourth-order valence-electron chi connectivity index (χ4n) is 1.84. The topological polar surface area (TPSA) is 104 Å². The van der Waals surface area contributed by atoms with Crippen molar-refractivity contribution in [2.24, 2.45) is 5.84 Å². The average Bonchev–Trinajstić information content (AvgIpc) is 2.89. The van der Waals surface area contributed by atoms with E-state index in [0.29, 0.717) is 5.95 Å². The van der Waals surface area contributed by atoms with Crippen LogP contribution < -0.4 is 16.0 Å². The summed E-state index contributed by atoms with van der Waals surface area (Å²) in [5.74, 6) is 6.05. The number of ether oxygens (including phenoxy) is 1. The summed E-state index contributed by atoms with van der Waals surface area (Å²) < 4.78 is 7.23. The van der Waals surface area contributed by atoms with Crippen LogP contribution in [0.4, 0.5) is 5.95 Å². The molecular formula is C13H21N7O. The number of nitrogens with zero attached hydrogens (tertiary/aromatic N) is 5. The molecule has 0 aliphatic heterocycles. The van der Waals surface area contributed by atoms with E-state index >= 15 is 0 Å². The van der Waals surface area contributed by atoms with Crippen LogP contribution in [0.25, 0.3) is 5.95 Å². The maximum Gasteiger partial charge on any atom is 0.323 e. The summed E-state index contributed by atoms with van der Waals surface area (Å²) in [4.78, 5) is 12.6. The third-order valence-electron chi connectivity index (χ3n) is 2.82. The highest BCUT2D eigenvalue weighted by Crippen LogP contribution is 2.15. The maximum absolute atomic E-state index is 5.53. The van der Waals surface area contributed by atoms with Crippen LogP contribution in [-0.2, 0) is 12.8 Å². The molecular weight excluding hydrogens is 270 g/mol. The zero-order valence-corrected chi connectivity index (χ0v) is 12.8. The molecule has 0 radical (unpaired) electrons. The van der Waals surface area contributed by atoms with Gasteiger partial charge < -0.3 is 4.74 Å². The first-order valence-electron chi connectivity index (χ1n) is 7.04. The van der Waals surface area contributed by atoms with Crippen molar-refractivity contribution in [2.75, 3.05) is 5.43 Å². The van der Waals surface area contributed by atoms with Gasteiger partial charge in [0.1, 0.15) is 0 Å². The van der Waals surface area contributed by atoms with Gasteiger partial charge in [-0.15, -0.1) is 0 Å². The van der Waals surface area contributed by atoms with Gasteiger partial charge in [0.2, 0.25) is 5.95 Å². The molecule has 0 bridgehead atoms. The Balaban J connectivity index is 2.49. The van der Waals surface area contributed by atoms with E-state index in [1.807, 2.05) is 19.9 Å². The Morgan fingerprint density at radius 3 is 2.57 bits per heavy atom. The van der Waals surface area contributed by atoms with Crippen LogP contribution in [0, 0.1) is 0 Å². The summed E-state index contributed by atoms with van der Waals surface area (Å²) in [7, 11) is 0. The summed E-state index contributed by atoms with van der Waals surface area (Å²) in [5, 5.41) is 4.51. The average molecular weight is 291 g/mol. The monoisotopic (exact) mass is 291 g/mol. The number of hydrazine groups is 1. The number of nitrogens with one attached hydrogen (secondary N) is 1. The van der Waals surface area contributed by atoms with Crippen LogP contribution in [0.15, 0.2) is 6.07 Å². The zero-order chi connectivity index (χ0) is 15.4. The first kappa shape index (κ1) is 15.2. The summed E-state index contributed by atoms with van der Waals surface area (Å²) in [6.45, 7) is 7.92. The minimum atomic E-state index is -0.0413. The number of nitrogens with two attached hydrogens (primary N) is 1. The first-order chi connectivity index (χ1) is 10.1. The lowest BCUT2D eigenvalue weighted by molar-refractivity contribution is 0.221. The largest absolute Gasteiger partial charge is 0.461 e. The van der Waals surface area contributed by atoms with Crippen molar-refractivity contribution in [3.63, 3.8) is 0 Å². The molecule has 2 rings (SSSR count). The van der Waals surface area contributed by atoms with Crippen molar-refractivity contribution in [2.45, 2.75) is 46.6 Å². The van der Waals surface area contributed by atoms with E-state index in [9.17, 15) is 0 Å². The molecule has 0 unspecified atom stereocenters. The highest BCUT2D eigenvalue weighted by atomic mass is 16.5. The Morgan fingerprint density at radius 2 is 2.00 bits per heavy atom. The van der Waals surface area contributed by atoms with Gasteiger partial charge in [-0.2, -0.15) is 20.1 Å². The number of anilines is 1. The van der Waals surface area contributed by atoms with E-state index in [4.69, 9.17) is 10.6 Å². The van der Waals surface area contributed by atoms with Crippen LogP contribution in [-0.4, -0.2) is 30.8 Å². The number of aryl methyl sites for hydroxylation is 2. The Morgan fingerprint density at radius 1 is 1.24 bits per heavy atom. The summed E-state index contributed by atoms with van der Waals surface area (Å²) in [6.07, 6.45) is 1.63.